The van der Waals surface area contributed by atoms with Gasteiger partial charge < -0.3 is 5.32 Å². The van der Waals surface area contributed by atoms with Crippen molar-refractivity contribution in [1.82, 2.24) is 5.32 Å². The molecule has 0 bridgehead atoms. The largest absolute Gasteiger partial charge is 0.349 e. The van der Waals surface area contributed by atoms with Crippen LogP contribution in [0, 0.1) is 10.1 Å². The fourth-order valence-corrected chi connectivity index (χ4v) is 4.05. The van der Waals surface area contributed by atoms with Gasteiger partial charge in [0.25, 0.3) is 11.6 Å². The van der Waals surface area contributed by atoms with Gasteiger partial charge in [0.1, 0.15) is 0 Å². The number of nitro benzene ring substituents is 1. The minimum atomic E-state index is -0.409. The van der Waals surface area contributed by atoms with Crippen LogP contribution in [0.3, 0.4) is 0 Å². The first-order valence-electron chi connectivity index (χ1n) is 11.0. The van der Waals surface area contributed by atoms with E-state index < -0.39 is 4.92 Å². The zero-order valence-electron chi connectivity index (χ0n) is 17.4. The third-order valence-electron chi connectivity index (χ3n) is 5.70. The maximum absolute atomic E-state index is 13.3. The number of nitro groups is 1. The van der Waals surface area contributed by atoms with Crippen LogP contribution in [0.15, 0.2) is 54.6 Å². The van der Waals surface area contributed by atoms with Gasteiger partial charge in [-0.05, 0) is 30.5 Å². The summed E-state index contributed by atoms with van der Waals surface area (Å²) in [4.78, 5) is 24.3. The molecule has 1 saturated carbocycles. The highest BCUT2D eigenvalue weighted by Crippen LogP contribution is 2.25. The zero-order chi connectivity index (χ0) is 21.2. The first-order chi connectivity index (χ1) is 14.6. The molecule has 0 atom stereocenters. The molecule has 0 spiro atoms. The van der Waals surface area contributed by atoms with Gasteiger partial charge in [0.2, 0.25) is 0 Å². The van der Waals surface area contributed by atoms with Crippen LogP contribution >= 0.6 is 0 Å². The Morgan fingerprint density at radius 1 is 0.867 bits per heavy atom. The Labute approximate surface area is 178 Å². The van der Waals surface area contributed by atoms with Crippen molar-refractivity contribution >= 4 is 23.2 Å². The van der Waals surface area contributed by atoms with Crippen LogP contribution in [0.1, 0.15) is 68.9 Å². The molecular formula is C25H30N2O3. The highest BCUT2D eigenvalue weighted by molar-refractivity contribution is 6.24. The van der Waals surface area contributed by atoms with Gasteiger partial charge in [0.15, 0.2) is 0 Å². The summed E-state index contributed by atoms with van der Waals surface area (Å²) in [7, 11) is 0. The first kappa shape index (κ1) is 21.8. The predicted molar refractivity (Wildman–Crippen MR) is 121 cm³/mol. The van der Waals surface area contributed by atoms with Crippen molar-refractivity contribution in [2.24, 2.45) is 0 Å². The number of benzene rings is 2. The molecule has 158 valence electrons. The number of carbonyl (C=O) groups excluding carboxylic acids is 1. The standard InChI is InChI=1S/C25H30N2O3/c28-25(26-22-16-9-4-2-1-3-5-10-17-22)23(20-13-7-6-8-14-20)19-21-15-11-12-18-24(21)27(29)30/h6-8,11-15,18-19,22H,1-5,9-10,16-17H2,(H,26,28). The first-order valence-corrected chi connectivity index (χ1v) is 11.0. The van der Waals surface area contributed by atoms with E-state index >= 15 is 0 Å². The van der Waals surface area contributed by atoms with Gasteiger partial charge in [-0.15, -0.1) is 0 Å². The van der Waals surface area contributed by atoms with E-state index in [-0.39, 0.29) is 17.6 Å². The molecule has 30 heavy (non-hydrogen) atoms. The van der Waals surface area contributed by atoms with E-state index in [4.69, 9.17) is 0 Å². The summed E-state index contributed by atoms with van der Waals surface area (Å²) in [6, 6.07) is 16.1. The second-order valence-corrected chi connectivity index (χ2v) is 7.96. The van der Waals surface area contributed by atoms with E-state index in [0.717, 1.165) is 31.2 Å². The summed E-state index contributed by atoms with van der Waals surface area (Å²) < 4.78 is 0. The molecule has 1 N–H and O–H groups in total. The highest BCUT2D eigenvalue weighted by atomic mass is 16.6. The van der Waals surface area contributed by atoms with Gasteiger partial charge in [-0.2, -0.15) is 0 Å². The lowest BCUT2D eigenvalue weighted by Crippen LogP contribution is -2.35. The maximum Gasteiger partial charge on any atom is 0.276 e. The summed E-state index contributed by atoms with van der Waals surface area (Å²) in [5.74, 6) is -0.165. The molecule has 0 aromatic heterocycles. The predicted octanol–water partition coefficient (Wildman–Crippen LogP) is 6.14. The normalized spacial score (nSPS) is 16.6. The topological polar surface area (TPSA) is 72.2 Å². The molecule has 0 heterocycles. The molecule has 1 aliphatic rings. The average molecular weight is 407 g/mol. The number of nitrogens with zero attached hydrogens (tertiary/aromatic N) is 1. The molecule has 2 aromatic carbocycles. The molecule has 0 saturated heterocycles. The molecule has 0 radical (unpaired) electrons. The Morgan fingerprint density at radius 3 is 2.07 bits per heavy atom. The van der Waals surface area contributed by atoms with E-state index in [1.165, 1.54) is 38.2 Å². The number of nitrogens with one attached hydrogen (secondary N) is 1. The third-order valence-corrected chi connectivity index (χ3v) is 5.70. The van der Waals surface area contributed by atoms with Crippen molar-refractivity contribution in [3.05, 3.63) is 75.8 Å². The van der Waals surface area contributed by atoms with Gasteiger partial charge in [0.05, 0.1) is 10.5 Å². The summed E-state index contributed by atoms with van der Waals surface area (Å²) in [6.45, 7) is 0. The minimum absolute atomic E-state index is 0.00239. The Bertz CT molecular complexity index is 867. The molecule has 5 heteroatoms. The minimum Gasteiger partial charge on any atom is -0.349 e. The van der Waals surface area contributed by atoms with Crippen LogP contribution in [-0.4, -0.2) is 16.9 Å². The number of para-hydroxylation sites is 1. The van der Waals surface area contributed by atoms with Gasteiger partial charge in [-0.1, -0.05) is 87.4 Å². The smallest absolute Gasteiger partial charge is 0.276 e. The molecule has 5 nitrogen and oxygen atoms in total. The Balaban J connectivity index is 1.87. The van der Waals surface area contributed by atoms with E-state index in [9.17, 15) is 14.9 Å². The number of hydrogen-bond acceptors (Lipinski definition) is 3. The second kappa shape index (κ2) is 11.3. The number of amides is 1. The highest BCUT2D eigenvalue weighted by Gasteiger charge is 2.19. The second-order valence-electron chi connectivity index (χ2n) is 7.96. The van der Waals surface area contributed by atoms with Crippen molar-refractivity contribution < 1.29 is 9.72 Å². The number of rotatable bonds is 5. The van der Waals surface area contributed by atoms with Crippen LogP contribution in [0.2, 0.25) is 0 Å². The molecular weight excluding hydrogens is 376 g/mol. The van der Waals surface area contributed by atoms with E-state index in [1.807, 2.05) is 30.3 Å². The van der Waals surface area contributed by atoms with Crippen molar-refractivity contribution in [3.8, 4) is 0 Å². The lowest BCUT2D eigenvalue weighted by atomic mass is 9.96. The van der Waals surface area contributed by atoms with E-state index in [1.54, 1.807) is 24.3 Å². The molecule has 1 fully saturated rings. The Kier molecular flexibility index (Phi) is 8.19. The monoisotopic (exact) mass is 406 g/mol. The van der Waals surface area contributed by atoms with Crippen molar-refractivity contribution in [3.63, 3.8) is 0 Å². The lowest BCUT2D eigenvalue weighted by Gasteiger charge is -2.21. The van der Waals surface area contributed by atoms with Crippen LogP contribution in [0.25, 0.3) is 11.6 Å². The quantitative estimate of drug-likeness (QED) is 0.280. The third kappa shape index (κ3) is 6.28. The lowest BCUT2D eigenvalue weighted by molar-refractivity contribution is -0.385. The SMILES string of the molecule is O=C(NC1CCCCCCCCC1)C(=Cc1ccccc1[N+](=O)[O-])c1ccccc1. The van der Waals surface area contributed by atoms with Crippen molar-refractivity contribution in [1.29, 1.82) is 0 Å². The molecule has 1 aliphatic carbocycles. The summed E-state index contributed by atoms with van der Waals surface area (Å²) in [6.07, 6.45) is 12.1. The number of carbonyl (C=O) groups is 1. The van der Waals surface area contributed by atoms with Gasteiger partial charge in [0, 0.05) is 17.7 Å². The maximum atomic E-state index is 13.3. The van der Waals surface area contributed by atoms with E-state index in [2.05, 4.69) is 5.32 Å². The summed E-state index contributed by atoms with van der Waals surface area (Å²) in [5, 5.41) is 14.7. The summed E-state index contributed by atoms with van der Waals surface area (Å²) >= 11 is 0. The zero-order valence-corrected chi connectivity index (χ0v) is 17.4. The molecule has 0 aliphatic heterocycles. The van der Waals surface area contributed by atoms with Crippen LogP contribution in [-0.2, 0) is 4.79 Å². The van der Waals surface area contributed by atoms with Crippen molar-refractivity contribution in [2.45, 2.75) is 63.8 Å². The molecule has 1 amide bonds. The van der Waals surface area contributed by atoms with Gasteiger partial charge in [-0.25, -0.2) is 0 Å². The fraction of sp³-hybridized carbons (Fsp3) is 0.400. The molecule has 3 rings (SSSR count). The Morgan fingerprint density at radius 2 is 1.43 bits per heavy atom. The van der Waals surface area contributed by atoms with Crippen LogP contribution in [0.4, 0.5) is 5.69 Å². The van der Waals surface area contributed by atoms with Gasteiger partial charge in [-0.3, -0.25) is 14.9 Å². The molecule has 0 unspecified atom stereocenters. The van der Waals surface area contributed by atoms with E-state index in [0.29, 0.717) is 11.1 Å². The van der Waals surface area contributed by atoms with Crippen molar-refractivity contribution in [2.75, 3.05) is 0 Å². The van der Waals surface area contributed by atoms with Gasteiger partial charge >= 0.3 is 0 Å². The average Bonchev–Trinajstić information content (AvgIpc) is 2.77. The number of hydrogen-bond donors (Lipinski definition) is 1. The fourth-order valence-electron chi connectivity index (χ4n) is 4.05. The van der Waals surface area contributed by atoms with Crippen LogP contribution in [0.5, 0.6) is 0 Å². The van der Waals surface area contributed by atoms with Crippen LogP contribution < -0.4 is 5.32 Å². The molecule has 2 aromatic rings. The Hall–Kier alpha value is -2.95. The summed E-state index contributed by atoms with van der Waals surface area (Å²) in [5.41, 5.74) is 1.65.